The molecule has 0 heterocycles. The van der Waals surface area contributed by atoms with Crippen molar-refractivity contribution in [2.45, 2.75) is 39.0 Å². The van der Waals surface area contributed by atoms with Crippen LogP contribution in [0.4, 0.5) is 17.1 Å². The molecule has 0 aliphatic rings. The fraction of sp³-hybridized carbons (Fsp3) is 0.333. The van der Waals surface area contributed by atoms with Gasteiger partial charge in [-0.05, 0) is 42.2 Å². The van der Waals surface area contributed by atoms with E-state index in [2.05, 4.69) is 10.6 Å². The maximum absolute atomic E-state index is 12.2. The summed E-state index contributed by atoms with van der Waals surface area (Å²) < 4.78 is 0. The Morgan fingerprint density at radius 1 is 1.07 bits per heavy atom. The molecule has 0 aliphatic heterocycles. The monoisotopic (exact) mass is 415 g/mol. The Labute approximate surface area is 174 Å². The van der Waals surface area contributed by atoms with Crippen LogP contribution in [-0.4, -0.2) is 22.5 Å². The number of hydrogen-bond donors (Lipinski definition) is 2. The molecule has 0 spiro atoms. The van der Waals surface area contributed by atoms with Crippen LogP contribution in [0, 0.1) is 22.5 Å². The molecule has 0 bridgehead atoms. The summed E-state index contributed by atoms with van der Waals surface area (Å²) in [5.41, 5.74) is 1.76. The second kappa shape index (κ2) is 9.56. The van der Waals surface area contributed by atoms with Gasteiger partial charge in [-0.15, -0.1) is 11.8 Å². The zero-order valence-electron chi connectivity index (χ0n) is 16.9. The Balaban J connectivity index is 1.92. The third kappa shape index (κ3) is 7.57. The lowest BCUT2D eigenvalue weighted by molar-refractivity contribution is -0.384. The molecule has 0 aromatic heterocycles. The molecule has 0 aliphatic carbocycles. The molecule has 8 heteroatoms. The number of amides is 2. The first-order chi connectivity index (χ1) is 13.5. The van der Waals surface area contributed by atoms with Crippen molar-refractivity contribution in [3.63, 3.8) is 0 Å². The molecular formula is C21H25N3O4S. The predicted octanol–water partition coefficient (Wildman–Crippen LogP) is 5.01. The van der Waals surface area contributed by atoms with Gasteiger partial charge in [0.2, 0.25) is 11.8 Å². The van der Waals surface area contributed by atoms with E-state index >= 15 is 0 Å². The van der Waals surface area contributed by atoms with Crippen LogP contribution in [0.15, 0.2) is 47.4 Å². The Hall–Kier alpha value is -2.87. The average molecular weight is 416 g/mol. The van der Waals surface area contributed by atoms with Crippen LogP contribution in [0.5, 0.6) is 0 Å². The Bertz CT molecular complexity index is 922. The number of hydrogen-bond acceptors (Lipinski definition) is 5. The van der Waals surface area contributed by atoms with E-state index in [4.69, 9.17) is 0 Å². The molecule has 2 aromatic rings. The summed E-state index contributed by atoms with van der Waals surface area (Å²) in [4.78, 5) is 35.5. The minimum atomic E-state index is -0.471. The van der Waals surface area contributed by atoms with E-state index in [1.807, 2.05) is 45.0 Å². The van der Waals surface area contributed by atoms with Gasteiger partial charge in [-0.2, -0.15) is 0 Å². The number of rotatable bonds is 7. The van der Waals surface area contributed by atoms with E-state index in [0.29, 0.717) is 23.4 Å². The summed E-state index contributed by atoms with van der Waals surface area (Å²) >= 11 is 1.34. The molecular weight excluding hydrogens is 390 g/mol. The van der Waals surface area contributed by atoms with Gasteiger partial charge in [0.15, 0.2) is 0 Å². The van der Waals surface area contributed by atoms with Gasteiger partial charge in [0.05, 0.1) is 10.7 Å². The smallest absolute Gasteiger partial charge is 0.269 e. The van der Waals surface area contributed by atoms with E-state index in [0.717, 1.165) is 4.90 Å². The van der Waals surface area contributed by atoms with Crippen LogP contribution in [0.2, 0.25) is 0 Å². The van der Waals surface area contributed by atoms with Gasteiger partial charge in [-0.3, -0.25) is 19.7 Å². The molecule has 2 rings (SSSR count). The fourth-order valence-electron chi connectivity index (χ4n) is 2.59. The van der Waals surface area contributed by atoms with Crippen molar-refractivity contribution < 1.29 is 14.5 Å². The Morgan fingerprint density at radius 2 is 1.79 bits per heavy atom. The number of nitrogens with one attached hydrogen (secondary N) is 2. The summed E-state index contributed by atoms with van der Waals surface area (Å²) in [7, 11) is 0. The number of nitro groups is 1. The maximum Gasteiger partial charge on any atom is 0.269 e. The highest BCUT2D eigenvalue weighted by Crippen LogP contribution is 2.25. The predicted molar refractivity (Wildman–Crippen MR) is 116 cm³/mol. The second-order valence-electron chi connectivity index (χ2n) is 7.91. The number of carbonyl (C=O) groups excluding carboxylic acids is 2. The van der Waals surface area contributed by atoms with E-state index in [1.165, 1.54) is 30.0 Å². The quantitative estimate of drug-likeness (QED) is 0.376. The highest BCUT2D eigenvalue weighted by molar-refractivity contribution is 8.00. The number of aryl methyl sites for hydroxylation is 1. The third-order valence-electron chi connectivity index (χ3n) is 3.87. The first-order valence-corrected chi connectivity index (χ1v) is 10.1. The van der Waals surface area contributed by atoms with Crippen molar-refractivity contribution in [1.82, 2.24) is 0 Å². The van der Waals surface area contributed by atoms with Crippen LogP contribution in [-0.2, 0) is 9.59 Å². The summed E-state index contributed by atoms with van der Waals surface area (Å²) in [5, 5.41) is 16.4. The molecule has 0 saturated heterocycles. The van der Waals surface area contributed by atoms with Crippen LogP contribution >= 0.6 is 11.8 Å². The molecule has 0 unspecified atom stereocenters. The van der Waals surface area contributed by atoms with Crippen molar-refractivity contribution >= 4 is 40.6 Å². The molecule has 2 amide bonds. The summed E-state index contributed by atoms with van der Waals surface area (Å²) in [6.07, 6.45) is 0.418. The summed E-state index contributed by atoms with van der Waals surface area (Å²) in [6, 6.07) is 11.6. The largest absolute Gasteiger partial charge is 0.326 e. The van der Waals surface area contributed by atoms with Crippen LogP contribution in [0.1, 0.15) is 32.8 Å². The number of nitrogens with zero attached hydrogens (tertiary/aromatic N) is 1. The highest BCUT2D eigenvalue weighted by Gasteiger charge is 2.16. The fourth-order valence-corrected chi connectivity index (χ4v) is 3.34. The summed E-state index contributed by atoms with van der Waals surface area (Å²) in [5.74, 6) is -0.0873. The molecule has 0 atom stereocenters. The van der Waals surface area contributed by atoms with Crippen molar-refractivity contribution in [2.24, 2.45) is 5.41 Å². The van der Waals surface area contributed by atoms with Gasteiger partial charge in [-0.1, -0.05) is 26.8 Å². The van der Waals surface area contributed by atoms with E-state index < -0.39 is 4.92 Å². The molecule has 2 aromatic carbocycles. The lowest BCUT2D eigenvalue weighted by Gasteiger charge is -2.17. The highest BCUT2D eigenvalue weighted by atomic mass is 32.2. The Kier molecular flexibility index (Phi) is 7.39. The van der Waals surface area contributed by atoms with Crippen molar-refractivity contribution in [3.05, 3.63) is 58.1 Å². The van der Waals surface area contributed by atoms with Gasteiger partial charge in [0.25, 0.3) is 5.69 Å². The first-order valence-electron chi connectivity index (χ1n) is 9.11. The zero-order valence-corrected chi connectivity index (χ0v) is 17.8. The van der Waals surface area contributed by atoms with Crippen LogP contribution < -0.4 is 10.6 Å². The number of anilines is 2. The molecule has 0 saturated carbocycles. The molecule has 7 nitrogen and oxygen atoms in total. The Morgan fingerprint density at radius 3 is 2.41 bits per heavy atom. The first kappa shape index (κ1) is 22.4. The molecule has 154 valence electrons. The summed E-state index contributed by atoms with van der Waals surface area (Å²) in [6.45, 7) is 7.72. The van der Waals surface area contributed by atoms with Gasteiger partial charge < -0.3 is 10.6 Å². The lowest BCUT2D eigenvalue weighted by atomic mass is 9.92. The van der Waals surface area contributed by atoms with Crippen molar-refractivity contribution in [3.8, 4) is 0 Å². The number of benzene rings is 2. The van der Waals surface area contributed by atoms with Gasteiger partial charge in [0, 0.05) is 34.8 Å². The number of carbonyl (C=O) groups is 2. The van der Waals surface area contributed by atoms with E-state index in [-0.39, 0.29) is 28.7 Å². The van der Waals surface area contributed by atoms with Crippen LogP contribution in [0.25, 0.3) is 0 Å². The molecule has 2 N–H and O–H groups in total. The molecule has 0 radical (unpaired) electrons. The van der Waals surface area contributed by atoms with Crippen molar-refractivity contribution in [1.29, 1.82) is 0 Å². The van der Waals surface area contributed by atoms with Gasteiger partial charge in [-0.25, -0.2) is 0 Å². The topological polar surface area (TPSA) is 101 Å². The van der Waals surface area contributed by atoms with E-state index in [9.17, 15) is 19.7 Å². The normalized spacial score (nSPS) is 11.0. The standard InChI is InChI=1S/C21H25N3O4S/c1-14-10-16(24(27)28)8-9-18(14)23-20(26)13-29-17-7-5-6-15(11-17)22-19(25)12-21(2,3)4/h5-11H,12-13H2,1-4H3,(H,22,25)(H,23,26). The molecule has 29 heavy (non-hydrogen) atoms. The second-order valence-corrected chi connectivity index (χ2v) is 8.96. The number of thioether (sulfide) groups is 1. The lowest BCUT2D eigenvalue weighted by Crippen LogP contribution is -2.19. The zero-order chi connectivity index (χ0) is 21.6. The van der Waals surface area contributed by atoms with E-state index in [1.54, 1.807) is 6.92 Å². The minimum Gasteiger partial charge on any atom is -0.326 e. The number of nitro benzene ring substituents is 1. The minimum absolute atomic E-state index is 0.0137. The number of non-ortho nitro benzene ring substituents is 1. The maximum atomic E-state index is 12.2. The van der Waals surface area contributed by atoms with Crippen molar-refractivity contribution in [2.75, 3.05) is 16.4 Å². The SMILES string of the molecule is Cc1cc([N+](=O)[O-])ccc1NC(=O)CSc1cccc(NC(=O)CC(C)(C)C)c1. The van der Waals surface area contributed by atoms with Gasteiger partial charge in [0.1, 0.15) is 0 Å². The third-order valence-corrected chi connectivity index (χ3v) is 4.87. The molecule has 0 fully saturated rings. The van der Waals surface area contributed by atoms with Crippen LogP contribution in [0.3, 0.4) is 0 Å². The van der Waals surface area contributed by atoms with Gasteiger partial charge >= 0.3 is 0 Å². The average Bonchev–Trinajstić information content (AvgIpc) is 2.60.